The number of hydrogen-bond acceptors (Lipinski definition) is 2. The fourth-order valence-corrected chi connectivity index (χ4v) is 3.89. The van der Waals surface area contributed by atoms with Gasteiger partial charge in [-0.1, -0.05) is 48.0 Å². The molecule has 27 heavy (non-hydrogen) atoms. The predicted octanol–water partition coefficient (Wildman–Crippen LogP) is 4.33. The van der Waals surface area contributed by atoms with Gasteiger partial charge in [-0.3, -0.25) is 4.79 Å². The number of aromatic nitrogens is 2. The number of nitrogens with zero attached hydrogens (tertiary/aromatic N) is 3. The van der Waals surface area contributed by atoms with Gasteiger partial charge in [0.2, 0.25) is 0 Å². The number of amides is 1. The molecule has 4 rings (SSSR count). The molecule has 1 saturated heterocycles. The molecule has 2 aromatic carbocycles. The third-order valence-electron chi connectivity index (χ3n) is 5.37. The maximum atomic E-state index is 12.8. The second kappa shape index (κ2) is 7.39. The average Bonchev–Trinajstić information content (AvgIpc) is 3.30. The summed E-state index contributed by atoms with van der Waals surface area (Å²) in [5.41, 5.74) is 4.21. The Labute approximate surface area is 160 Å². The van der Waals surface area contributed by atoms with E-state index in [1.807, 2.05) is 60.5 Å². The molecule has 0 saturated carbocycles. The highest BCUT2D eigenvalue weighted by molar-refractivity contribution is 5.94. The number of imidazole rings is 1. The van der Waals surface area contributed by atoms with Crippen molar-refractivity contribution in [3.8, 4) is 11.4 Å². The van der Waals surface area contributed by atoms with Gasteiger partial charge < -0.3 is 9.47 Å². The highest BCUT2D eigenvalue weighted by atomic mass is 16.2. The van der Waals surface area contributed by atoms with Gasteiger partial charge in [0.25, 0.3) is 5.91 Å². The maximum absolute atomic E-state index is 12.8. The molecule has 0 spiro atoms. The Balaban J connectivity index is 1.48. The SMILES string of the molecule is Cc1cccc(C(=O)N2CCC(Cn3c(C)cnc3-c3ccccc3)C2)c1. The first kappa shape index (κ1) is 17.5. The molecule has 1 amide bonds. The van der Waals surface area contributed by atoms with Gasteiger partial charge in [-0.2, -0.15) is 0 Å². The second-order valence-corrected chi connectivity index (χ2v) is 7.48. The first-order chi connectivity index (χ1) is 13.1. The van der Waals surface area contributed by atoms with Crippen LogP contribution in [0.5, 0.6) is 0 Å². The molecule has 1 atom stereocenters. The summed E-state index contributed by atoms with van der Waals surface area (Å²) >= 11 is 0. The van der Waals surface area contributed by atoms with E-state index in [4.69, 9.17) is 0 Å². The molecule has 1 aliphatic heterocycles. The van der Waals surface area contributed by atoms with E-state index in [9.17, 15) is 4.79 Å². The van der Waals surface area contributed by atoms with Gasteiger partial charge in [-0.25, -0.2) is 4.98 Å². The molecule has 3 aromatic rings. The summed E-state index contributed by atoms with van der Waals surface area (Å²) in [6.07, 6.45) is 2.97. The Bertz CT molecular complexity index is 945. The van der Waals surface area contributed by atoms with Crippen molar-refractivity contribution in [2.75, 3.05) is 13.1 Å². The van der Waals surface area contributed by atoms with Crippen LogP contribution in [0.25, 0.3) is 11.4 Å². The molecule has 2 heterocycles. The van der Waals surface area contributed by atoms with E-state index in [-0.39, 0.29) is 5.91 Å². The zero-order valence-electron chi connectivity index (χ0n) is 15.9. The Hall–Kier alpha value is -2.88. The van der Waals surface area contributed by atoms with E-state index in [0.717, 1.165) is 54.3 Å². The van der Waals surface area contributed by atoms with Crippen LogP contribution in [0.2, 0.25) is 0 Å². The van der Waals surface area contributed by atoms with E-state index < -0.39 is 0 Å². The maximum Gasteiger partial charge on any atom is 0.253 e. The lowest BCUT2D eigenvalue weighted by molar-refractivity contribution is 0.0786. The molecule has 1 aliphatic rings. The summed E-state index contributed by atoms with van der Waals surface area (Å²) < 4.78 is 2.29. The van der Waals surface area contributed by atoms with E-state index in [0.29, 0.717) is 5.92 Å². The largest absolute Gasteiger partial charge is 0.338 e. The summed E-state index contributed by atoms with van der Waals surface area (Å²) in [6.45, 7) is 6.65. The molecule has 0 bridgehead atoms. The molecule has 0 radical (unpaired) electrons. The smallest absolute Gasteiger partial charge is 0.253 e. The zero-order chi connectivity index (χ0) is 18.8. The predicted molar refractivity (Wildman–Crippen MR) is 108 cm³/mol. The lowest BCUT2D eigenvalue weighted by Gasteiger charge is -2.18. The van der Waals surface area contributed by atoms with Gasteiger partial charge in [-0.05, 0) is 38.3 Å². The minimum absolute atomic E-state index is 0.145. The molecule has 4 heteroatoms. The van der Waals surface area contributed by atoms with Crippen LogP contribution >= 0.6 is 0 Å². The molecule has 0 aliphatic carbocycles. The molecule has 1 aromatic heterocycles. The Morgan fingerprint density at radius 2 is 1.93 bits per heavy atom. The summed E-state index contributed by atoms with van der Waals surface area (Å²) in [7, 11) is 0. The second-order valence-electron chi connectivity index (χ2n) is 7.48. The minimum Gasteiger partial charge on any atom is -0.338 e. The Kier molecular flexibility index (Phi) is 4.80. The van der Waals surface area contributed by atoms with Crippen LogP contribution in [0, 0.1) is 19.8 Å². The van der Waals surface area contributed by atoms with Gasteiger partial charge in [0.15, 0.2) is 0 Å². The quantitative estimate of drug-likeness (QED) is 0.695. The normalized spacial score (nSPS) is 16.7. The highest BCUT2D eigenvalue weighted by Crippen LogP contribution is 2.25. The first-order valence-electron chi connectivity index (χ1n) is 9.55. The molecule has 1 unspecified atom stereocenters. The molecule has 4 nitrogen and oxygen atoms in total. The summed E-state index contributed by atoms with van der Waals surface area (Å²) in [5, 5.41) is 0. The number of rotatable bonds is 4. The number of aryl methyl sites for hydroxylation is 2. The first-order valence-corrected chi connectivity index (χ1v) is 9.55. The molecular weight excluding hydrogens is 334 g/mol. The minimum atomic E-state index is 0.145. The van der Waals surface area contributed by atoms with Crippen molar-refractivity contribution in [2.24, 2.45) is 5.92 Å². The van der Waals surface area contributed by atoms with Crippen molar-refractivity contribution in [1.82, 2.24) is 14.5 Å². The van der Waals surface area contributed by atoms with Crippen LogP contribution in [-0.2, 0) is 6.54 Å². The van der Waals surface area contributed by atoms with Crippen molar-refractivity contribution in [3.05, 3.63) is 77.6 Å². The van der Waals surface area contributed by atoms with Crippen LogP contribution < -0.4 is 0 Å². The summed E-state index contributed by atoms with van der Waals surface area (Å²) in [4.78, 5) is 19.4. The third kappa shape index (κ3) is 3.65. The lowest BCUT2D eigenvalue weighted by atomic mass is 10.1. The van der Waals surface area contributed by atoms with Gasteiger partial charge in [0, 0.05) is 42.7 Å². The number of hydrogen-bond donors (Lipinski definition) is 0. The zero-order valence-corrected chi connectivity index (χ0v) is 15.9. The third-order valence-corrected chi connectivity index (χ3v) is 5.37. The highest BCUT2D eigenvalue weighted by Gasteiger charge is 2.28. The van der Waals surface area contributed by atoms with Gasteiger partial charge >= 0.3 is 0 Å². The molecule has 1 fully saturated rings. The number of benzene rings is 2. The van der Waals surface area contributed by atoms with Crippen molar-refractivity contribution >= 4 is 5.91 Å². The van der Waals surface area contributed by atoms with Gasteiger partial charge in [0.1, 0.15) is 5.82 Å². The Morgan fingerprint density at radius 3 is 2.70 bits per heavy atom. The van der Waals surface area contributed by atoms with Crippen LogP contribution in [0.3, 0.4) is 0 Å². The Morgan fingerprint density at radius 1 is 1.11 bits per heavy atom. The van der Waals surface area contributed by atoms with Crippen molar-refractivity contribution in [2.45, 2.75) is 26.8 Å². The molecule has 138 valence electrons. The topological polar surface area (TPSA) is 38.1 Å². The van der Waals surface area contributed by atoms with Crippen molar-refractivity contribution < 1.29 is 4.79 Å². The summed E-state index contributed by atoms with van der Waals surface area (Å²) in [5.74, 6) is 1.61. The van der Waals surface area contributed by atoms with Crippen LogP contribution in [-0.4, -0.2) is 33.4 Å². The van der Waals surface area contributed by atoms with Crippen LogP contribution in [0.15, 0.2) is 60.8 Å². The van der Waals surface area contributed by atoms with Crippen molar-refractivity contribution in [1.29, 1.82) is 0 Å². The molecule has 0 N–H and O–H groups in total. The van der Waals surface area contributed by atoms with Crippen LogP contribution in [0.4, 0.5) is 0 Å². The van der Waals surface area contributed by atoms with Gasteiger partial charge in [0.05, 0.1) is 0 Å². The lowest BCUT2D eigenvalue weighted by Crippen LogP contribution is -2.29. The molecular formula is C23H25N3O. The fraction of sp³-hybridized carbons (Fsp3) is 0.304. The monoisotopic (exact) mass is 359 g/mol. The average molecular weight is 359 g/mol. The van der Waals surface area contributed by atoms with Crippen molar-refractivity contribution in [3.63, 3.8) is 0 Å². The van der Waals surface area contributed by atoms with E-state index in [1.165, 1.54) is 0 Å². The number of carbonyl (C=O) groups excluding carboxylic acids is 1. The standard InChI is InChI=1S/C23H25N3O/c1-17-7-6-10-21(13-17)23(27)25-12-11-19(15-25)16-26-18(2)14-24-22(26)20-8-4-3-5-9-20/h3-10,13-14,19H,11-12,15-16H2,1-2H3. The van der Waals surface area contributed by atoms with Crippen LogP contribution in [0.1, 0.15) is 28.0 Å². The van der Waals surface area contributed by atoms with E-state index >= 15 is 0 Å². The number of carbonyl (C=O) groups is 1. The van der Waals surface area contributed by atoms with Gasteiger partial charge in [-0.15, -0.1) is 0 Å². The van der Waals surface area contributed by atoms with E-state index in [1.54, 1.807) is 0 Å². The fourth-order valence-electron chi connectivity index (χ4n) is 3.89. The summed E-state index contributed by atoms with van der Waals surface area (Å²) in [6, 6.07) is 18.2. The number of likely N-dealkylation sites (tertiary alicyclic amines) is 1. The van der Waals surface area contributed by atoms with E-state index in [2.05, 4.69) is 28.6 Å².